The summed E-state index contributed by atoms with van der Waals surface area (Å²) in [5, 5.41) is 3.28. The maximum atomic E-state index is 12.1. The predicted molar refractivity (Wildman–Crippen MR) is 70.0 cm³/mol. The monoisotopic (exact) mass is 231 g/mol. The van der Waals surface area contributed by atoms with Crippen molar-refractivity contribution in [3.8, 4) is 0 Å². The van der Waals surface area contributed by atoms with Gasteiger partial charge in [0.15, 0.2) is 0 Å². The average molecular weight is 231 g/mol. The van der Waals surface area contributed by atoms with Crippen LogP contribution in [0.3, 0.4) is 0 Å². The molecule has 0 bridgehead atoms. The first-order valence-corrected chi connectivity index (χ1v) is 6.49. The van der Waals surface area contributed by atoms with E-state index >= 15 is 0 Å². The van der Waals surface area contributed by atoms with Crippen LogP contribution in [0.4, 0.5) is 0 Å². The minimum absolute atomic E-state index is 0.101. The summed E-state index contributed by atoms with van der Waals surface area (Å²) < 4.78 is 0. The summed E-state index contributed by atoms with van der Waals surface area (Å²) in [7, 11) is 0. The molecule has 1 saturated heterocycles. The summed E-state index contributed by atoms with van der Waals surface area (Å²) in [4.78, 5) is 12.1. The molecule has 92 valence electrons. The molecular formula is C15H21NO. The Kier molecular flexibility index (Phi) is 3.95. The molecule has 0 amide bonds. The SMILES string of the molecule is CC1(C(=O)CCCc2ccccc2)CCNC1. The van der Waals surface area contributed by atoms with E-state index in [1.165, 1.54) is 5.56 Å². The molecule has 2 nitrogen and oxygen atoms in total. The molecule has 0 radical (unpaired) electrons. The van der Waals surface area contributed by atoms with Crippen LogP contribution in [0.2, 0.25) is 0 Å². The van der Waals surface area contributed by atoms with E-state index in [2.05, 4.69) is 36.5 Å². The van der Waals surface area contributed by atoms with Crippen LogP contribution >= 0.6 is 0 Å². The molecule has 0 spiro atoms. The molecule has 1 aromatic carbocycles. The highest BCUT2D eigenvalue weighted by Crippen LogP contribution is 2.27. The smallest absolute Gasteiger partial charge is 0.140 e. The molecule has 1 unspecified atom stereocenters. The fourth-order valence-electron chi connectivity index (χ4n) is 2.45. The lowest BCUT2D eigenvalue weighted by Crippen LogP contribution is -2.30. The summed E-state index contributed by atoms with van der Waals surface area (Å²) >= 11 is 0. The van der Waals surface area contributed by atoms with Gasteiger partial charge in [-0.15, -0.1) is 0 Å². The maximum Gasteiger partial charge on any atom is 0.140 e. The quantitative estimate of drug-likeness (QED) is 0.844. The number of aryl methyl sites for hydroxylation is 1. The van der Waals surface area contributed by atoms with E-state index in [9.17, 15) is 4.79 Å². The zero-order valence-corrected chi connectivity index (χ0v) is 10.5. The third kappa shape index (κ3) is 3.16. The second-order valence-corrected chi connectivity index (χ2v) is 5.25. The Morgan fingerprint density at radius 1 is 1.35 bits per heavy atom. The van der Waals surface area contributed by atoms with Gasteiger partial charge in [-0.25, -0.2) is 0 Å². The lowest BCUT2D eigenvalue weighted by molar-refractivity contribution is -0.127. The third-order valence-corrected chi connectivity index (χ3v) is 3.75. The van der Waals surface area contributed by atoms with E-state index in [0.717, 1.165) is 32.4 Å². The zero-order chi connectivity index (χ0) is 12.1. The van der Waals surface area contributed by atoms with E-state index in [4.69, 9.17) is 0 Å². The van der Waals surface area contributed by atoms with E-state index in [0.29, 0.717) is 12.2 Å². The summed E-state index contributed by atoms with van der Waals surface area (Å²) in [6.45, 7) is 3.94. The van der Waals surface area contributed by atoms with Gasteiger partial charge in [-0.2, -0.15) is 0 Å². The molecule has 1 aliphatic heterocycles. The average Bonchev–Trinajstić information content (AvgIpc) is 2.79. The van der Waals surface area contributed by atoms with Crippen molar-refractivity contribution in [1.29, 1.82) is 0 Å². The number of ketones is 1. The van der Waals surface area contributed by atoms with Gasteiger partial charge >= 0.3 is 0 Å². The van der Waals surface area contributed by atoms with Crippen molar-refractivity contribution in [2.24, 2.45) is 5.41 Å². The Labute approximate surface area is 103 Å². The van der Waals surface area contributed by atoms with Gasteiger partial charge in [0.2, 0.25) is 0 Å². The highest BCUT2D eigenvalue weighted by atomic mass is 16.1. The van der Waals surface area contributed by atoms with Crippen LogP contribution in [-0.4, -0.2) is 18.9 Å². The fraction of sp³-hybridized carbons (Fsp3) is 0.533. The summed E-state index contributed by atoms with van der Waals surface area (Å²) in [5.74, 6) is 0.429. The molecule has 1 fully saturated rings. The first kappa shape index (κ1) is 12.3. The Bertz CT molecular complexity index is 366. The largest absolute Gasteiger partial charge is 0.316 e. The Morgan fingerprint density at radius 3 is 2.76 bits per heavy atom. The van der Waals surface area contributed by atoms with Gasteiger partial charge in [0, 0.05) is 18.4 Å². The minimum Gasteiger partial charge on any atom is -0.316 e. The standard InChI is InChI=1S/C15H21NO/c1-15(10-11-16-12-15)14(17)9-5-8-13-6-3-2-4-7-13/h2-4,6-7,16H,5,8-12H2,1H3. The van der Waals surface area contributed by atoms with Crippen molar-refractivity contribution in [3.05, 3.63) is 35.9 Å². The van der Waals surface area contributed by atoms with Crippen LogP contribution in [0.15, 0.2) is 30.3 Å². The molecule has 17 heavy (non-hydrogen) atoms. The van der Waals surface area contributed by atoms with Crippen molar-refractivity contribution < 1.29 is 4.79 Å². The number of Topliss-reactive ketones (excluding diaryl/α,β-unsaturated/α-hetero) is 1. The number of benzene rings is 1. The Morgan fingerprint density at radius 2 is 2.12 bits per heavy atom. The van der Waals surface area contributed by atoms with Gasteiger partial charge in [-0.1, -0.05) is 37.3 Å². The zero-order valence-electron chi connectivity index (χ0n) is 10.5. The molecule has 0 aliphatic carbocycles. The molecule has 0 saturated carbocycles. The molecule has 1 aliphatic rings. The Balaban J connectivity index is 1.77. The van der Waals surface area contributed by atoms with Gasteiger partial charge in [0.05, 0.1) is 0 Å². The normalized spacial score (nSPS) is 23.8. The number of carbonyl (C=O) groups excluding carboxylic acids is 1. The van der Waals surface area contributed by atoms with Gasteiger partial charge in [-0.05, 0) is 31.4 Å². The highest BCUT2D eigenvalue weighted by Gasteiger charge is 2.35. The van der Waals surface area contributed by atoms with Crippen LogP contribution in [0, 0.1) is 5.41 Å². The third-order valence-electron chi connectivity index (χ3n) is 3.75. The van der Waals surface area contributed by atoms with Crippen LogP contribution in [0.5, 0.6) is 0 Å². The van der Waals surface area contributed by atoms with Gasteiger partial charge in [-0.3, -0.25) is 4.79 Å². The van der Waals surface area contributed by atoms with Crippen LogP contribution in [0.25, 0.3) is 0 Å². The van der Waals surface area contributed by atoms with Gasteiger partial charge in [0.1, 0.15) is 5.78 Å². The second kappa shape index (κ2) is 5.46. The first-order chi connectivity index (χ1) is 8.21. The summed E-state index contributed by atoms with van der Waals surface area (Å²) in [6, 6.07) is 10.4. The molecule has 0 aromatic heterocycles. The lowest BCUT2D eigenvalue weighted by Gasteiger charge is -2.20. The molecular weight excluding hydrogens is 210 g/mol. The van der Waals surface area contributed by atoms with E-state index < -0.39 is 0 Å². The molecule has 1 N–H and O–H groups in total. The van der Waals surface area contributed by atoms with E-state index in [-0.39, 0.29) is 5.41 Å². The second-order valence-electron chi connectivity index (χ2n) is 5.25. The van der Waals surface area contributed by atoms with Crippen molar-refractivity contribution in [2.45, 2.75) is 32.6 Å². The highest BCUT2D eigenvalue weighted by molar-refractivity contribution is 5.85. The molecule has 1 heterocycles. The molecule has 1 aromatic rings. The summed E-state index contributed by atoms with van der Waals surface area (Å²) in [6.07, 6.45) is 3.69. The number of rotatable bonds is 5. The van der Waals surface area contributed by atoms with E-state index in [1.807, 2.05) is 6.07 Å². The molecule has 1 atom stereocenters. The van der Waals surface area contributed by atoms with Crippen molar-refractivity contribution >= 4 is 5.78 Å². The first-order valence-electron chi connectivity index (χ1n) is 6.49. The topological polar surface area (TPSA) is 29.1 Å². The predicted octanol–water partition coefficient (Wildman–Crippen LogP) is 2.58. The summed E-state index contributed by atoms with van der Waals surface area (Å²) in [5.41, 5.74) is 1.23. The molecule has 2 rings (SSSR count). The number of hydrogen-bond donors (Lipinski definition) is 1. The van der Waals surface area contributed by atoms with Crippen LogP contribution in [-0.2, 0) is 11.2 Å². The maximum absolute atomic E-state index is 12.1. The number of carbonyl (C=O) groups is 1. The molecule has 2 heteroatoms. The Hall–Kier alpha value is -1.15. The number of hydrogen-bond acceptors (Lipinski definition) is 2. The van der Waals surface area contributed by atoms with Crippen molar-refractivity contribution in [1.82, 2.24) is 5.32 Å². The van der Waals surface area contributed by atoms with E-state index in [1.54, 1.807) is 0 Å². The minimum atomic E-state index is -0.101. The van der Waals surface area contributed by atoms with Crippen molar-refractivity contribution in [2.75, 3.05) is 13.1 Å². The number of nitrogens with one attached hydrogen (secondary N) is 1. The lowest BCUT2D eigenvalue weighted by atomic mass is 9.82. The van der Waals surface area contributed by atoms with Crippen molar-refractivity contribution in [3.63, 3.8) is 0 Å². The van der Waals surface area contributed by atoms with Gasteiger partial charge < -0.3 is 5.32 Å². The fourth-order valence-corrected chi connectivity index (χ4v) is 2.45. The van der Waals surface area contributed by atoms with Gasteiger partial charge in [0.25, 0.3) is 0 Å². The van der Waals surface area contributed by atoms with Crippen LogP contribution < -0.4 is 5.32 Å². The van der Waals surface area contributed by atoms with Crippen LogP contribution in [0.1, 0.15) is 31.7 Å².